The fourth-order valence-electron chi connectivity index (χ4n) is 0.651. The molecule has 0 unspecified atom stereocenters. The van der Waals surface area contributed by atoms with Crippen molar-refractivity contribution < 1.29 is 9.53 Å². The zero-order valence-electron chi connectivity index (χ0n) is 6.66. The first kappa shape index (κ1) is 9.94. The number of amides is 1. The van der Waals surface area contributed by atoms with E-state index in [2.05, 4.69) is 20.9 Å². The Kier molecular flexibility index (Phi) is 3.66. The molecule has 0 atom stereocenters. The van der Waals surface area contributed by atoms with E-state index in [4.69, 9.17) is 10.6 Å². The molecule has 70 valence electrons. The first-order chi connectivity index (χ1) is 6.22. The maximum Gasteiger partial charge on any atom is 0.271 e. The van der Waals surface area contributed by atoms with Crippen LogP contribution in [-0.4, -0.2) is 17.5 Å². The molecule has 5 nitrogen and oxygen atoms in total. The number of hydrazine groups is 1. The fourth-order valence-corrected chi connectivity index (χ4v) is 0.979. The van der Waals surface area contributed by atoms with Gasteiger partial charge in [0.15, 0.2) is 6.61 Å². The maximum absolute atomic E-state index is 10.7. The number of hydrogen-bond acceptors (Lipinski definition) is 4. The molecule has 1 aromatic rings. The Balaban J connectivity index is 2.50. The van der Waals surface area contributed by atoms with E-state index >= 15 is 0 Å². The molecule has 3 N–H and O–H groups in total. The molecule has 0 aromatic carbocycles. The molecule has 1 amide bonds. The lowest BCUT2D eigenvalue weighted by atomic mass is 10.5. The number of rotatable bonds is 3. The van der Waals surface area contributed by atoms with Crippen LogP contribution in [0, 0.1) is 0 Å². The zero-order valence-corrected chi connectivity index (χ0v) is 8.24. The number of nitrogens with two attached hydrogens (primary N) is 1. The Morgan fingerprint density at radius 1 is 1.69 bits per heavy atom. The lowest BCUT2D eigenvalue weighted by molar-refractivity contribution is -0.123. The molecule has 6 heteroatoms. The van der Waals surface area contributed by atoms with Crippen molar-refractivity contribution in [3.05, 3.63) is 22.8 Å². The summed E-state index contributed by atoms with van der Waals surface area (Å²) in [5.41, 5.74) is 1.95. The molecule has 13 heavy (non-hydrogen) atoms. The van der Waals surface area contributed by atoms with Gasteiger partial charge in [0.1, 0.15) is 4.60 Å². The van der Waals surface area contributed by atoms with Crippen molar-refractivity contribution in [2.45, 2.75) is 0 Å². The predicted octanol–water partition coefficient (Wildman–Crippen LogP) is 0.213. The molecule has 1 heterocycles. The Hall–Kier alpha value is -1.14. The fraction of sp³-hybridized carbons (Fsp3) is 0.143. The van der Waals surface area contributed by atoms with E-state index in [9.17, 15) is 4.79 Å². The number of halogens is 1. The minimum absolute atomic E-state index is 0.139. The zero-order chi connectivity index (χ0) is 9.68. The second-order valence-corrected chi connectivity index (χ2v) is 2.97. The van der Waals surface area contributed by atoms with Gasteiger partial charge in [0, 0.05) is 6.07 Å². The van der Waals surface area contributed by atoms with Crippen LogP contribution in [0.2, 0.25) is 0 Å². The molecule has 0 aliphatic heterocycles. The summed E-state index contributed by atoms with van der Waals surface area (Å²) in [4.78, 5) is 14.6. The van der Waals surface area contributed by atoms with Crippen LogP contribution in [-0.2, 0) is 4.79 Å². The van der Waals surface area contributed by atoms with E-state index in [0.717, 1.165) is 0 Å². The lowest BCUT2D eigenvalue weighted by Gasteiger charge is -2.03. The van der Waals surface area contributed by atoms with E-state index in [1.54, 1.807) is 18.2 Å². The van der Waals surface area contributed by atoms with Crippen molar-refractivity contribution in [3.63, 3.8) is 0 Å². The van der Waals surface area contributed by atoms with E-state index in [1.807, 2.05) is 5.43 Å². The third-order valence-electron chi connectivity index (χ3n) is 1.20. The molecule has 0 spiro atoms. The van der Waals surface area contributed by atoms with Crippen LogP contribution in [0.4, 0.5) is 0 Å². The van der Waals surface area contributed by atoms with Gasteiger partial charge in [-0.1, -0.05) is 6.07 Å². The molecule has 0 saturated carbocycles. The summed E-state index contributed by atoms with van der Waals surface area (Å²) >= 11 is 3.17. The van der Waals surface area contributed by atoms with Gasteiger partial charge in [-0.3, -0.25) is 10.2 Å². The van der Waals surface area contributed by atoms with E-state index in [1.165, 1.54) is 0 Å². The molecule has 0 bridgehead atoms. The number of aromatic nitrogens is 1. The van der Waals surface area contributed by atoms with Crippen molar-refractivity contribution >= 4 is 21.8 Å². The van der Waals surface area contributed by atoms with Gasteiger partial charge in [-0.25, -0.2) is 10.8 Å². The lowest BCUT2D eigenvalue weighted by Crippen LogP contribution is -2.34. The number of pyridine rings is 1. The van der Waals surface area contributed by atoms with Gasteiger partial charge in [-0.2, -0.15) is 0 Å². The Morgan fingerprint density at radius 2 is 2.46 bits per heavy atom. The third-order valence-corrected chi connectivity index (χ3v) is 1.64. The van der Waals surface area contributed by atoms with Crippen molar-refractivity contribution in [2.75, 3.05) is 6.61 Å². The summed E-state index contributed by atoms with van der Waals surface area (Å²) in [5.74, 6) is 4.83. The first-order valence-corrected chi connectivity index (χ1v) is 4.26. The van der Waals surface area contributed by atoms with Gasteiger partial charge in [0.25, 0.3) is 5.91 Å². The van der Waals surface area contributed by atoms with Gasteiger partial charge < -0.3 is 4.74 Å². The van der Waals surface area contributed by atoms with Crippen LogP contribution in [0.15, 0.2) is 22.8 Å². The highest BCUT2D eigenvalue weighted by atomic mass is 79.9. The van der Waals surface area contributed by atoms with E-state index < -0.39 is 5.91 Å². The molecule has 0 aliphatic rings. The highest BCUT2D eigenvalue weighted by Gasteiger charge is 2.00. The number of hydrogen-bond donors (Lipinski definition) is 2. The molecule has 1 rings (SSSR count). The summed E-state index contributed by atoms with van der Waals surface area (Å²) in [6.45, 7) is -0.139. The van der Waals surface area contributed by atoms with Gasteiger partial charge in [-0.05, 0) is 22.0 Å². The summed E-state index contributed by atoms with van der Waals surface area (Å²) in [6, 6.07) is 5.16. The summed E-state index contributed by atoms with van der Waals surface area (Å²) in [5, 5.41) is 0. The molecule has 0 saturated heterocycles. The highest BCUT2D eigenvalue weighted by molar-refractivity contribution is 9.10. The van der Waals surface area contributed by atoms with Crippen LogP contribution in [0.25, 0.3) is 0 Å². The Bertz CT molecular complexity index is 306. The summed E-state index contributed by atoms with van der Waals surface area (Å²) in [7, 11) is 0. The standard InChI is InChI=1S/C7H8BrN3O2/c8-5-2-1-3-7(10-5)13-4-6(12)11-9/h1-3H,4,9H2,(H,11,12). The van der Waals surface area contributed by atoms with Crippen LogP contribution in [0.5, 0.6) is 5.88 Å². The number of carbonyl (C=O) groups excluding carboxylic acids is 1. The molecule has 0 fully saturated rings. The largest absolute Gasteiger partial charge is 0.467 e. The van der Waals surface area contributed by atoms with Crippen molar-refractivity contribution in [1.29, 1.82) is 0 Å². The van der Waals surface area contributed by atoms with E-state index in [0.29, 0.717) is 10.5 Å². The highest BCUT2D eigenvalue weighted by Crippen LogP contribution is 2.11. The normalized spacial score (nSPS) is 9.38. The van der Waals surface area contributed by atoms with Crippen molar-refractivity contribution in [1.82, 2.24) is 10.4 Å². The molecular weight excluding hydrogens is 238 g/mol. The molecular formula is C7H8BrN3O2. The molecule has 1 aromatic heterocycles. The van der Waals surface area contributed by atoms with Crippen LogP contribution in [0.3, 0.4) is 0 Å². The first-order valence-electron chi connectivity index (χ1n) is 3.47. The van der Waals surface area contributed by atoms with Crippen LogP contribution >= 0.6 is 15.9 Å². The average Bonchev–Trinajstić information content (AvgIpc) is 2.14. The number of ether oxygens (including phenoxy) is 1. The quantitative estimate of drug-likeness (QED) is 0.346. The van der Waals surface area contributed by atoms with Crippen LogP contribution in [0.1, 0.15) is 0 Å². The molecule has 0 aliphatic carbocycles. The Morgan fingerprint density at radius 3 is 3.08 bits per heavy atom. The topological polar surface area (TPSA) is 77.2 Å². The minimum Gasteiger partial charge on any atom is -0.467 e. The third kappa shape index (κ3) is 3.39. The van der Waals surface area contributed by atoms with Crippen molar-refractivity contribution in [3.8, 4) is 5.88 Å². The monoisotopic (exact) mass is 245 g/mol. The van der Waals surface area contributed by atoms with Gasteiger partial charge in [-0.15, -0.1) is 0 Å². The number of nitrogens with zero attached hydrogens (tertiary/aromatic N) is 1. The van der Waals surface area contributed by atoms with Gasteiger partial charge in [0.2, 0.25) is 5.88 Å². The van der Waals surface area contributed by atoms with Gasteiger partial charge in [0.05, 0.1) is 0 Å². The maximum atomic E-state index is 10.7. The number of carbonyl (C=O) groups is 1. The van der Waals surface area contributed by atoms with Crippen LogP contribution < -0.4 is 16.0 Å². The molecule has 0 radical (unpaired) electrons. The van der Waals surface area contributed by atoms with Crippen molar-refractivity contribution in [2.24, 2.45) is 5.84 Å². The number of nitrogens with one attached hydrogen (secondary N) is 1. The predicted molar refractivity (Wildman–Crippen MR) is 49.8 cm³/mol. The van der Waals surface area contributed by atoms with E-state index in [-0.39, 0.29) is 6.61 Å². The summed E-state index contributed by atoms with van der Waals surface area (Å²) < 4.78 is 5.66. The second kappa shape index (κ2) is 4.78. The average molecular weight is 246 g/mol. The summed E-state index contributed by atoms with van der Waals surface area (Å²) in [6.07, 6.45) is 0. The Labute approximate surface area is 83.4 Å². The minimum atomic E-state index is -0.401. The second-order valence-electron chi connectivity index (χ2n) is 2.15. The van der Waals surface area contributed by atoms with Gasteiger partial charge >= 0.3 is 0 Å². The smallest absolute Gasteiger partial charge is 0.271 e. The SMILES string of the molecule is NNC(=O)COc1cccc(Br)n1.